The normalized spacial score (nSPS) is 10.5. The van der Waals surface area contributed by atoms with Crippen molar-refractivity contribution < 1.29 is 14.2 Å². The molecule has 6 nitrogen and oxygen atoms in total. The number of hydrogen-bond donors (Lipinski definition) is 1. The number of anilines is 1. The van der Waals surface area contributed by atoms with E-state index < -0.39 is 5.91 Å². The van der Waals surface area contributed by atoms with Gasteiger partial charge in [-0.1, -0.05) is 42.2 Å². The Balaban J connectivity index is 2.20. The van der Waals surface area contributed by atoms with Crippen molar-refractivity contribution in [2.24, 2.45) is 0 Å². The first-order valence-corrected chi connectivity index (χ1v) is 7.57. The van der Waals surface area contributed by atoms with Crippen LogP contribution in [0.2, 0.25) is 10.0 Å². The molecule has 1 aromatic carbocycles. The number of amides is 1. The number of ether oxygens (including phenoxy) is 1. The van der Waals surface area contributed by atoms with Crippen LogP contribution in [0.5, 0.6) is 5.75 Å². The van der Waals surface area contributed by atoms with Crippen molar-refractivity contribution in [1.82, 2.24) is 10.3 Å². The summed E-state index contributed by atoms with van der Waals surface area (Å²) < 4.78 is 10.1. The number of nitrogens with one attached hydrogen (secondary N) is 1. The number of nitrogens with zero attached hydrogens (tertiary/aromatic N) is 2. The molecule has 8 heteroatoms. The summed E-state index contributed by atoms with van der Waals surface area (Å²) in [7, 11) is 0. The van der Waals surface area contributed by atoms with Crippen LogP contribution in [0.25, 0.3) is 0 Å². The van der Waals surface area contributed by atoms with Crippen molar-refractivity contribution in [3.8, 4) is 5.75 Å². The highest BCUT2D eigenvalue weighted by Gasteiger charge is 2.17. The number of aromatic nitrogens is 2. The van der Waals surface area contributed by atoms with Crippen LogP contribution in [-0.4, -0.2) is 22.8 Å². The van der Waals surface area contributed by atoms with E-state index in [9.17, 15) is 4.79 Å². The van der Waals surface area contributed by atoms with Crippen molar-refractivity contribution >= 4 is 34.9 Å². The van der Waals surface area contributed by atoms with Gasteiger partial charge in [0.15, 0.2) is 5.75 Å². The van der Waals surface area contributed by atoms with Gasteiger partial charge in [0.2, 0.25) is 5.82 Å². The zero-order valence-corrected chi connectivity index (χ0v) is 13.7. The first kappa shape index (κ1) is 16.6. The maximum absolute atomic E-state index is 12.2. The fourth-order valence-electron chi connectivity index (χ4n) is 1.75. The average Bonchev–Trinajstić information content (AvgIpc) is 2.93. The number of halogens is 2. The number of carbonyl (C=O) groups excluding carboxylic acids is 1. The lowest BCUT2D eigenvalue weighted by Gasteiger charge is -2.11. The minimum atomic E-state index is -0.406. The highest BCUT2D eigenvalue weighted by molar-refractivity contribution is 6.37. The van der Waals surface area contributed by atoms with Crippen molar-refractivity contribution in [3.63, 3.8) is 0 Å². The molecule has 1 amide bonds. The number of carbonyl (C=O) groups is 1. The smallest absolute Gasteiger partial charge is 0.257 e. The van der Waals surface area contributed by atoms with Crippen LogP contribution in [0.3, 0.4) is 0 Å². The minimum Gasteiger partial charge on any atom is -0.490 e. The lowest BCUT2D eigenvalue weighted by molar-refractivity contribution is 0.102. The van der Waals surface area contributed by atoms with Gasteiger partial charge in [-0.15, -0.1) is 0 Å². The van der Waals surface area contributed by atoms with Gasteiger partial charge in [0.05, 0.1) is 16.7 Å². The number of rotatable bonds is 6. The van der Waals surface area contributed by atoms with Crippen molar-refractivity contribution in [3.05, 3.63) is 33.4 Å². The lowest BCUT2D eigenvalue weighted by atomic mass is 10.2. The van der Waals surface area contributed by atoms with Crippen LogP contribution in [-0.2, 0) is 6.42 Å². The van der Waals surface area contributed by atoms with E-state index in [-0.39, 0.29) is 15.9 Å². The molecule has 118 valence electrons. The maximum atomic E-state index is 12.2. The largest absolute Gasteiger partial charge is 0.490 e. The molecule has 2 aromatic rings. The molecule has 0 bridgehead atoms. The van der Waals surface area contributed by atoms with Gasteiger partial charge in [0.25, 0.3) is 5.91 Å². The van der Waals surface area contributed by atoms with E-state index in [0.717, 1.165) is 6.42 Å². The Morgan fingerprint density at radius 3 is 2.55 bits per heavy atom. The Morgan fingerprint density at radius 1 is 1.27 bits per heavy atom. The van der Waals surface area contributed by atoms with E-state index in [1.54, 1.807) is 0 Å². The fraction of sp³-hybridized carbons (Fsp3) is 0.357. The lowest BCUT2D eigenvalue weighted by Crippen LogP contribution is -2.13. The zero-order valence-electron chi connectivity index (χ0n) is 12.2. The number of benzene rings is 1. The summed E-state index contributed by atoms with van der Waals surface area (Å²) >= 11 is 12.2. The predicted octanol–water partition coefficient (Wildman–Crippen LogP) is 3.98. The Morgan fingerprint density at radius 2 is 1.95 bits per heavy atom. The molecule has 0 unspecified atom stereocenters. The monoisotopic (exact) mass is 343 g/mol. The molecule has 0 spiro atoms. The molecule has 1 heterocycles. The molecule has 0 fully saturated rings. The van der Waals surface area contributed by atoms with E-state index >= 15 is 0 Å². The van der Waals surface area contributed by atoms with Crippen molar-refractivity contribution in [2.45, 2.75) is 26.7 Å². The second kappa shape index (κ2) is 7.47. The highest BCUT2D eigenvalue weighted by atomic mass is 35.5. The second-order valence-electron chi connectivity index (χ2n) is 4.48. The predicted molar refractivity (Wildman–Crippen MR) is 83.9 cm³/mol. The van der Waals surface area contributed by atoms with Gasteiger partial charge in [-0.2, -0.15) is 0 Å². The molecule has 0 atom stereocenters. The molecule has 0 radical (unpaired) electrons. The Kier molecular flexibility index (Phi) is 5.63. The van der Waals surface area contributed by atoms with Gasteiger partial charge < -0.3 is 10.1 Å². The summed E-state index contributed by atoms with van der Waals surface area (Å²) in [5.41, 5.74) is 0.859. The third-order valence-corrected chi connectivity index (χ3v) is 3.40. The Hall–Kier alpha value is -1.79. The summed E-state index contributed by atoms with van der Waals surface area (Å²) in [6.07, 6.45) is 1.41. The van der Waals surface area contributed by atoms with Crippen LogP contribution in [0.4, 0.5) is 5.82 Å². The molecule has 0 aliphatic heterocycles. The topological polar surface area (TPSA) is 77.2 Å². The van der Waals surface area contributed by atoms with Crippen LogP contribution in [0.15, 0.2) is 16.8 Å². The maximum Gasteiger partial charge on any atom is 0.257 e. The number of aryl methyl sites for hydroxylation is 1. The van der Waals surface area contributed by atoms with E-state index in [4.69, 9.17) is 27.9 Å². The summed E-state index contributed by atoms with van der Waals surface area (Å²) in [6.45, 7) is 4.35. The number of hydrogen-bond acceptors (Lipinski definition) is 5. The summed E-state index contributed by atoms with van der Waals surface area (Å²) in [6, 6.07) is 2.99. The van der Waals surface area contributed by atoms with Gasteiger partial charge in [-0.3, -0.25) is 4.79 Å². The molecular formula is C14H15Cl2N3O3. The first-order valence-electron chi connectivity index (χ1n) is 6.81. The summed E-state index contributed by atoms with van der Waals surface area (Å²) in [4.78, 5) is 12.2. The Labute approximate surface area is 137 Å². The molecule has 0 aliphatic rings. The molecule has 1 aromatic heterocycles. The van der Waals surface area contributed by atoms with Gasteiger partial charge >= 0.3 is 0 Å². The zero-order chi connectivity index (χ0) is 16.1. The molecule has 22 heavy (non-hydrogen) atoms. The molecule has 0 aliphatic carbocycles. The van der Waals surface area contributed by atoms with Gasteiger partial charge in [-0.05, 0) is 30.1 Å². The van der Waals surface area contributed by atoms with Gasteiger partial charge in [0, 0.05) is 5.56 Å². The van der Waals surface area contributed by atoms with Gasteiger partial charge in [-0.25, -0.2) is 4.63 Å². The van der Waals surface area contributed by atoms with Crippen LogP contribution in [0.1, 0.15) is 36.3 Å². The molecule has 1 N–H and O–H groups in total. The molecule has 0 saturated heterocycles. The standard InChI is InChI=1S/C14H15Cl2N3O3/c1-3-5-21-12-9(15)6-8(7-10(12)16)14(20)17-13-11(4-2)18-22-19-13/h6-7H,3-5H2,1-2H3,(H,17,19,20). The molecular weight excluding hydrogens is 329 g/mol. The van der Waals surface area contributed by atoms with Crippen LogP contribution >= 0.6 is 23.2 Å². The minimum absolute atomic E-state index is 0.278. The summed E-state index contributed by atoms with van der Waals surface area (Å²) in [5, 5.41) is 10.5. The van der Waals surface area contributed by atoms with Crippen molar-refractivity contribution in [1.29, 1.82) is 0 Å². The van der Waals surface area contributed by atoms with E-state index in [0.29, 0.717) is 30.0 Å². The van der Waals surface area contributed by atoms with Crippen molar-refractivity contribution in [2.75, 3.05) is 11.9 Å². The highest BCUT2D eigenvalue weighted by Crippen LogP contribution is 2.34. The summed E-state index contributed by atoms with van der Waals surface area (Å²) in [5.74, 6) is 0.251. The third-order valence-electron chi connectivity index (χ3n) is 2.83. The van der Waals surface area contributed by atoms with E-state index in [2.05, 4.69) is 20.3 Å². The van der Waals surface area contributed by atoms with E-state index in [1.165, 1.54) is 12.1 Å². The average molecular weight is 344 g/mol. The van der Waals surface area contributed by atoms with Gasteiger partial charge in [0.1, 0.15) is 5.69 Å². The molecule has 2 rings (SSSR count). The van der Waals surface area contributed by atoms with E-state index in [1.807, 2.05) is 13.8 Å². The molecule has 0 saturated carbocycles. The van der Waals surface area contributed by atoms with Crippen LogP contribution in [0, 0.1) is 0 Å². The first-order chi connectivity index (χ1) is 10.6. The fourth-order valence-corrected chi connectivity index (χ4v) is 2.34. The SMILES string of the molecule is CCCOc1c(Cl)cc(C(=O)Nc2nonc2CC)cc1Cl. The Bertz CT molecular complexity index is 650. The second-order valence-corrected chi connectivity index (χ2v) is 5.30. The third kappa shape index (κ3) is 3.69. The quantitative estimate of drug-likeness (QED) is 0.858. The van der Waals surface area contributed by atoms with Crippen LogP contribution < -0.4 is 10.1 Å².